The number of allylic oxidation sites excluding steroid dienone is 1. The van der Waals surface area contributed by atoms with Crippen LogP contribution in [0.1, 0.15) is 44.4 Å². The maximum Gasteiger partial charge on any atom is 0.131 e. The molecule has 6 heteroatoms. The van der Waals surface area contributed by atoms with Gasteiger partial charge in [0.15, 0.2) is 0 Å². The lowest BCUT2D eigenvalue weighted by Crippen LogP contribution is -2.31. The van der Waals surface area contributed by atoms with Gasteiger partial charge in [0.05, 0.1) is 26.9 Å². The van der Waals surface area contributed by atoms with E-state index < -0.39 is 0 Å². The molecule has 0 unspecified atom stereocenters. The van der Waals surface area contributed by atoms with Crippen molar-refractivity contribution in [3.63, 3.8) is 0 Å². The molecule has 0 bridgehead atoms. The second-order valence-corrected chi connectivity index (χ2v) is 8.70. The standard InChI is InChI=1S/C19H21BrClN3S/c1-4-5-6-23-14-9-15(21)24-17-16(20)18(25-19(14)17)12-7-10(2)11(3)8-13(12)22/h9,12-13H,6-8,22H2,1-3H3,(H,23,24)/t12-,13-/m1/s1. The normalized spacial score (nSPS) is 20.6. The van der Waals surface area contributed by atoms with Gasteiger partial charge >= 0.3 is 0 Å². The molecule has 2 aromatic rings. The minimum Gasteiger partial charge on any atom is -0.373 e. The summed E-state index contributed by atoms with van der Waals surface area (Å²) in [6, 6.07) is 2.00. The summed E-state index contributed by atoms with van der Waals surface area (Å²) >= 11 is 11.8. The number of fused-ring (bicyclic) bond motifs is 1. The smallest absolute Gasteiger partial charge is 0.131 e. The fourth-order valence-corrected chi connectivity index (χ4v) is 5.69. The van der Waals surface area contributed by atoms with Crippen LogP contribution in [-0.4, -0.2) is 17.6 Å². The third kappa shape index (κ3) is 3.73. The number of nitrogens with zero attached hydrogens (tertiary/aromatic N) is 1. The van der Waals surface area contributed by atoms with Crippen LogP contribution in [-0.2, 0) is 0 Å². The van der Waals surface area contributed by atoms with E-state index in [0.29, 0.717) is 17.6 Å². The molecule has 0 saturated heterocycles. The first-order valence-electron chi connectivity index (χ1n) is 8.25. The van der Waals surface area contributed by atoms with Crippen molar-refractivity contribution in [1.29, 1.82) is 0 Å². The molecular weight excluding hydrogens is 418 g/mol. The zero-order valence-corrected chi connectivity index (χ0v) is 17.7. The van der Waals surface area contributed by atoms with Crippen LogP contribution in [0.4, 0.5) is 5.69 Å². The van der Waals surface area contributed by atoms with E-state index in [1.54, 1.807) is 11.3 Å². The SMILES string of the molecule is CC#CCNc1cc(Cl)nc2c(Br)c([C@@H]3CC(C)=C(C)C[C@H]3N)sc12. The quantitative estimate of drug-likeness (QED) is 0.368. The summed E-state index contributed by atoms with van der Waals surface area (Å²) in [4.78, 5) is 5.80. The van der Waals surface area contributed by atoms with E-state index in [0.717, 1.165) is 33.2 Å². The number of nitrogens with one attached hydrogen (secondary N) is 1. The predicted molar refractivity (Wildman–Crippen MR) is 113 cm³/mol. The maximum atomic E-state index is 6.49. The number of nitrogens with two attached hydrogens (primary N) is 1. The van der Waals surface area contributed by atoms with E-state index in [1.165, 1.54) is 16.0 Å². The van der Waals surface area contributed by atoms with Crippen molar-refractivity contribution in [1.82, 2.24) is 4.98 Å². The Morgan fingerprint density at radius 3 is 2.84 bits per heavy atom. The number of hydrogen-bond acceptors (Lipinski definition) is 4. The average molecular weight is 439 g/mol. The second kappa shape index (κ2) is 7.67. The number of aromatic nitrogens is 1. The van der Waals surface area contributed by atoms with Gasteiger partial charge in [0.25, 0.3) is 0 Å². The highest BCUT2D eigenvalue weighted by Crippen LogP contribution is 2.47. The Morgan fingerprint density at radius 1 is 1.40 bits per heavy atom. The Balaban J connectivity index is 2.07. The molecule has 0 aliphatic heterocycles. The first kappa shape index (κ1) is 18.7. The summed E-state index contributed by atoms with van der Waals surface area (Å²) in [7, 11) is 0. The number of hydrogen-bond donors (Lipinski definition) is 2. The molecule has 132 valence electrons. The van der Waals surface area contributed by atoms with Gasteiger partial charge in [-0.1, -0.05) is 28.7 Å². The molecular formula is C19H21BrClN3S. The van der Waals surface area contributed by atoms with Crippen LogP contribution in [0.15, 0.2) is 21.7 Å². The summed E-state index contributed by atoms with van der Waals surface area (Å²) in [5.74, 6) is 6.23. The fourth-order valence-electron chi connectivity index (χ4n) is 3.24. The number of pyridine rings is 1. The monoisotopic (exact) mass is 437 g/mol. The van der Waals surface area contributed by atoms with Gasteiger partial charge in [0.1, 0.15) is 5.15 Å². The van der Waals surface area contributed by atoms with Crippen LogP contribution < -0.4 is 11.1 Å². The van der Waals surface area contributed by atoms with Crippen molar-refractivity contribution in [2.75, 3.05) is 11.9 Å². The molecule has 0 saturated carbocycles. The summed E-state index contributed by atoms with van der Waals surface area (Å²) < 4.78 is 2.12. The molecule has 3 nitrogen and oxygen atoms in total. The van der Waals surface area contributed by atoms with E-state index in [4.69, 9.17) is 17.3 Å². The first-order chi connectivity index (χ1) is 11.9. The van der Waals surface area contributed by atoms with Crippen molar-refractivity contribution in [2.45, 2.75) is 45.6 Å². The van der Waals surface area contributed by atoms with E-state index in [2.05, 4.69) is 51.9 Å². The lowest BCUT2D eigenvalue weighted by atomic mass is 9.81. The van der Waals surface area contributed by atoms with Gasteiger partial charge in [-0.15, -0.1) is 17.3 Å². The number of thiophene rings is 1. The van der Waals surface area contributed by atoms with E-state index in [-0.39, 0.29) is 6.04 Å². The summed E-state index contributed by atoms with van der Waals surface area (Å²) in [6.07, 6.45) is 1.94. The second-order valence-electron chi connectivity index (χ2n) is 6.47. The summed E-state index contributed by atoms with van der Waals surface area (Å²) in [5.41, 5.74) is 11.2. The highest BCUT2D eigenvalue weighted by Gasteiger charge is 2.30. The maximum absolute atomic E-state index is 6.49. The minimum absolute atomic E-state index is 0.130. The van der Waals surface area contributed by atoms with E-state index in [9.17, 15) is 0 Å². The highest BCUT2D eigenvalue weighted by atomic mass is 79.9. The van der Waals surface area contributed by atoms with Crippen LogP contribution in [0.2, 0.25) is 5.15 Å². The van der Waals surface area contributed by atoms with Gasteiger partial charge in [0, 0.05) is 22.9 Å². The van der Waals surface area contributed by atoms with Gasteiger partial charge in [-0.2, -0.15) is 0 Å². The van der Waals surface area contributed by atoms with Crippen molar-refractivity contribution in [3.8, 4) is 11.8 Å². The highest BCUT2D eigenvalue weighted by molar-refractivity contribution is 9.10. The molecule has 2 atom stereocenters. The summed E-state index contributed by atoms with van der Waals surface area (Å²) in [5, 5.41) is 3.83. The van der Waals surface area contributed by atoms with Gasteiger partial charge in [-0.05, 0) is 49.5 Å². The molecule has 3 rings (SSSR count). The third-order valence-electron chi connectivity index (χ3n) is 4.77. The molecule has 0 radical (unpaired) electrons. The number of halogens is 2. The zero-order chi connectivity index (χ0) is 18.1. The van der Waals surface area contributed by atoms with Crippen LogP contribution in [0.3, 0.4) is 0 Å². The van der Waals surface area contributed by atoms with Crippen LogP contribution in [0.25, 0.3) is 10.2 Å². The Kier molecular flexibility index (Phi) is 5.75. The lowest BCUT2D eigenvalue weighted by Gasteiger charge is -2.30. The molecule has 2 aromatic heterocycles. The van der Waals surface area contributed by atoms with E-state index >= 15 is 0 Å². The largest absolute Gasteiger partial charge is 0.373 e. The van der Waals surface area contributed by atoms with Crippen LogP contribution in [0, 0.1) is 11.8 Å². The van der Waals surface area contributed by atoms with Crippen molar-refractivity contribution >= 4 is 54.8 Å². The molecule has 0 aromatic carbocycles. The molecule has 1 aliphatic rings. The molecule has 0 spiro atoms. The first-order valence-corrected chi connectivity index (χ1v) is 10.2. The molecule has 25 heavy (non-hydrogen) atoms. The minimum atomic E-state index is 0.130. The Labute approximate surface area is 166 Å². The molecule has 2 heterocycles. The third-order valence-corrected chi connectivity index (χ3v) is 7.38. The molecule has 1 aliphatic carbocycles. The fraction of sp³-hybridized carbons (Fsp3) is 0.421. The topological polar surface area (TPSA) is 50.9 Å². The zero-order valence-electron chi connectivity index (χ0n) is 14.5. The Hall–Kier alpha value is -1.06. The summed E-state index contributed by atoms with van der Waals surface area (Å²) in [6.45, 7) is 6.81. The molecule has 3 N–H and O–H groups in total. The van der Waals surface area contributed by atoms with Crippen LogP contribution in [0.5, 0.6) is 0 Å². The Morgan fingerprint density at radius 2 is 2.12 bits per heavy atom. The van der Waals surface area contributed by atoms with Crippen molar-refractivity contribution in [2.24, 2.45) is 5.73 Å². The number of rotatable bonds is 3. The van der Waals surface area contributed by atoms with Gasteiger partial charge in [-0.25, -0.2) is 4.98 Å². The van der Waals surface area contributed by atoms with Crippen molar-refractivity contribution in [3.05, 3.63) is 31.7 Å². The van der Waals surface area contributed by atoms with Crippen LogP contribution >= 0.6 is 38.9 Å². The number of anilines is 1. The van der Waals surface area contributed by atoms with Gasteiger partial charge in [-0.3, -0.25) is 0 Å². The van der Waals surface area contributed by atoms with Gasteiger partial charge < -0.3 is 11.1 Å². The Bertz CT molecular complexity index is 907. The van der Waals surface area contributed by atoms with Crippen molar-refractivity contribution < 1.29 is 0 Å². The van der Waals surface area contributed by atoms with E-state index in [1.807, 2.05) is 13.0 Å². The molecule has 0 fully saturated rings. The average Bonchev–Trinajstić information content (AvgIpc) is 2.88. The lowest BCUT2D eigenvalue weighted by molar-refractivity contribution is 0.497. The molecule has 0 amide bonds. The predicted octanol–water partition coefficient (Wildman–Crippen LogP) is 5.69. The van der Waals surface area contributed by atoms with Gasteiger partial charge in [0.2, 0.25) is 0 Å².